The van der Waals surface area contributed by atoms with Gasteiger partial charge in [-0.1, -0.05) is 22.9 Å². The van der Waals surface area contributed by atoms with E-state index in [1.807, 2.05) is 32.0 Å². The van der Waals surface area contributed by atoms with Crippen molar-refractivity contribution in [3.63, 3.8) is 0 Å². The Hall–Kier alpha value is -3.22. The monoisotopic (exact) mass is 324 g/mol. The van der Waals surface area contributed by atoms with Crippen LogP contribution in [0.5, 0.6) is 0 Å². The Kier molecular flexibility index (Phi) is 3.99. The highest BCUT2D eigenvalue weighted by atomic mass is 16.5. The van der Waals surface area contributed by atoms with Gasteiger partial charge < -0.3 is 14.8 Å². The Bertz CT molecular complexity index is 972. The molecule has 3 aromatic rings. The molecule has 0 radical (unpaired) electrons. The second-order valence-corrected chi connectivity index (χ2v) is 5.58. The smallest absolute Gasteiger partial charge is 0.346 e. The fourth-order valence-corrected chi connectivity index (χ4v) is 2.34. The van der Waals surface area contributed by atoms with Crippen molar-refractivity contribution in [3.8, 4) is 11.3 Å². The van der Waals surface area contributed by atoms with Gasteiger partial charge in [-0.15, -0.1) is 0 Å². The number of amides is 1. The lowest BCUT2D eigenvalue weighted by Crippen LogP contribution is -2.21. The van der Waals surface area contributed by atoms with E-state index in [2.05, 4.69) is 20.4 Å². The summed E-state index contributed by atoms with van der Waals surface area (Å²) >= 11 is 0. The molecule has 2 N–H and O–H groups in total. The van der Waals surface area contributed by atoms with Crippen LogP contribution in [0.1, 0.15) is 27.4 Å². The van der Waals surface area contributed by atoms with Gasteiger partial charge in [0, 0.05) is 11.6 Å². The number of nitrogens with one attached hydrogen (secondary N) is 2. The van der Waals surface area contributed by atoms with Gasteiger partial charge >= 0.3 is 5.69 Å². The number of rotatable bonds is 3. The number of H-pyrrole nitrogens is 1. The Morgan fingerprint density at radius 3 is 2.67 bits per heavy atom. The first-order valence-corrected chi connectivity index (χ1v) is 7.36. The van der Waals surface area contributed by atoms with Crippen LogP contribution in [0.15, 0.2) is 39.6 Å². The van der Waals surface area contributed by atoms with Crippen molar-refractivity contribution < 1.29 is 9.32 Å². The first-order chi connectivity index (χ1) is 11.4. The zero-order valence-corrected chi connectivity index (χ0v) is 13.5. The number of anilines is 1. The molecular weight excluding hydrogens is 308 g/mol. The second kappa shape index (κ2) is 6.11. The highest BCUT2D eigenvalue weighted by molar-refractivity contribution is 6.02. The summed E-state index contributed by atoms with van der Waals surface area (Å²) < 4.78 is 4.90. The van der Waals surface area contributed by atoms with E-state index in [4.69, 9.17) is 4.52 Å². The van der Waals surface area contributed by atoms with E-state index in [1.165, 1.54) is 0 Å². The third-order valence-electron chi connectivity index (χ3n) is 3.53. The van der Waals surface area contributed by atoms with Crippen LogP contribution in [0, 0.1) is 20.8 Å². The largest absolute Gasteiger partial charge is 0.360 e. The lowest BCUT2D eigenvalue weighted by atomic mass is 10.0. The van der Waals surface area contributed by atoms with E-state index in [0.29, 0.717) is 11.5 Å². The lowest BCUT2D eigenvalue weighted by molar-refractivity contribution is 0.102. The minimum absolute atomic E-state index is 0.103. The quantitative estimate of drug-likeness (QED) is 0.771. The highest BCUT2D eigenvalue weighted by Gasteiger charge is 2.14. The van der Waals surface area contributed by atoms with E-state index >= 15 is 0 Å². The number of hydrogen-bond donors (Lipinski definition) is 2. The van der Waals surface area contributed by atoms with E-state index in [1.54, 1.807) is 19.1 Å². The number of aryl methyl sites for hydroxylation is 3. The van der Waals surface area contributed by atoms with E-state index in [9.17, 15) is 9.59 Å². The number of aromatic nitrogens is 3. The van der Waals surface area contributed by atoms with Crippen LogP contribution in [-0.4, -0.2) is 21.0 Å². The summed E-state index contributed by atoms with van der Waals surface area (Å²) in [5, 5.41) is 6.26. The Labute approximate surface area is 137 Å². The molecule has 2 heterocycles. The van der Waals surface area contributed by atoms with Crippen LogP contribution in [0.3, 0.4) is 0 Å². The van der Waals surface area contributed by atoms with Gasteiger partial charge in [-0.25, -0.2) is 4.79 Å². The number of nitrogens with zero attached hydrogens (tertiary/aromatic N) is 2. The number of benzene rings is 1. The zero-order chi connectivity index (χ0) is 17.3. The van der Waals surface area contributed by atoms with Crippen molar-refractivity contribution in [2.24, 2.45) is 0 Å². The van der Waals surface area contributed by atoms with Crippen LogP contribution in [-0.2, 0) is 0 Å². The predicted octanol–water partition coefficient (Wildman–Crippen LogP) is 2.60. The topological polar surface area (TPSA) is 101 Å². The normalized spacial score (nSPS) is 10.6. The van der Waals surface area contributed by atoms with Crippen molar-refractivity contribution in [3.05, 3.63) is 63.4 Å². The zero-order valence-electron chi connectivity index (χ0n) is 13.5. The number of carbonyl (C=O) groups is 1. The maximum Gasteiger partial charge on any atom is 0.346 e. The standard InChI is InChI=1S/C17H16N4O3/c1-9-4-5-10(2)12(6-9)13-8-14(19-17(23)18-13)16(22)20-15-7-11(3)24-21-15/h4-8H,1-3H3,(H,18,19,23)(H,20,21,22). The molecule has 24 heavy (non-hydrogen) atoms. The van der Waals surface area contributed by atoms with Gasteiger partial charge in [-0.05, 0) is 38.5 Å². The van der Waals surface area contributed by atoms with Crippen molar-refractivity contribution in [2.75, 3.05) is 5.32 Å². The third kappa shape index (κ3) is 3.24. The minimum atomic E-state index is -0.588. The van der Waals surface area contributed by atoms with Crippen molar-refractivity contribution >= 4 is 11.7 Å². The molecule has 0 spiro atoms. The first-order valence-electron chi connectivity index (χ1n) is 7.36. The Morgan fingerprint density at radius 1 is 1.17 bits per heavy atom. The van der Waals surface area contributed by atoms with Crippen LogP contribution >= 0.6 is 0 Å². The fraction of sp³-hybridized carbons (Fsp3) is 0.176. The van der Waals surface area contributed by atoms with Gasteiger partial charge in [0.05, 0.1) is 5.69 Å². The van der Waals surface area contributed by atoms with Gasteiger partial charge in [-0.2, -0.15) is 4.98 Å². The van der Waals surface area contributed by atoms with E-state index < -0.39 is 11.6 Å². The lowest BCUT2D eigenvalue weighted by Gasteiger charge is -2.08. The molecule has 0 atom stereocenters. The molecule has 0 bridgehead atoms. The van der Waals surface area contributed by atoms with E-state index in [-0.39, 0.29) is 11.5 Å². The Balaban J connectivity index is 1.98. The number of carbonyl (C=O) groups excluding carboxylic acids is 1. The molecule has 0 aliphatic rings. The van der Waals surface area contributed by atoms with Gasteiger partial charge in [-0.3, -0.25) is 4.79 Å². The molecule has 7 nitrogen and oxygen atoms in total. The molecule has 7 heteroatoms. The first kappa shape index (κ1) is 15.7. The van der Waals surface area contributed by atoms with Crippen LogP contribution in [0.25, 0.3) is 11.3 Å². The molecule has 0 unspecified atom stereocenters. The maximum atomic E-state index is 12.3. The number of hydrogen-bond acceptors (Lipinski definition) is 5. The summed E-state index contributed by atoms with van der Waals surface area (Å²) in [6.45, 7) is 5.60. The average molecular weight is 324 g/mol. The van der Waals surface area contributed by atoms with Crippen LogP contribution in [0.2, 0.25) is 0 Å². The minimum Gasteiger partial charge on any atom is -0.360 e. The molecule has 0 saturated carbocycles. The van der Waals surface area contributed by atoms with Gasteiger partial charge in [0.2, 0.25) is 0 Å². The SMILES string of the molecule is Cc1ccc(C)c(-c2cc(C(=O)Nc3cc(C)on3)[nH]c(=O)n2)c1. The molecule has 0 aliphatic heterocycles. The van der Waals surface area contributed by atoms with Gasteiger partial charge in [0.15, 0.2) is 5.82 Å². The van der Waals surface area contributed by atoms with Gasteiger partial charge in [0.1, 0.15) is 11.5 Å². The van der Waals surface area contributed by atoms with Crippen molar-refractivity contribution in [1.29, 1.82) is 0 Å². The molecule has 0 aliphatic carbocycles. The van der Waals surface area contributed by atoms with Crippen molar-refractivity contribution in [1.82, 2.24) is 15.1 Å². The molecule has 2 aromatic heterocycles. The summed E-state index contributed by atoms with van der Waals surface area (Å²) in [4.78, 5) is 30.6. The van der Waals surface area contributed by atoms with Crippen LogP contribution in [0.4, 0.5) is 5.82 Å². The Morgan fingerprint density at radius 2 is 1.96 bits per heavy atom. The predicted molar refractivity (Wildman–Crippen MR) is 89.0 cm³/mol. The molecule has 122 valence electrons. The average Bonchev–Trinajstić information content (AvgIpc) is 2.94. The summed E-state index contributed by atoms with van der Waals surface area (Å²) in [5.41, 5.74) is 2.79. The van der Waals surface area contributed by atoms with Gasteiger partial charge in [0.25, 0.3) is 5.91 Å². The fourth-order valence-electron chi connectivity index (χ4n) is 2.34. The van der Waals surface area contributed by atoms with E-state index in [0.717, 1.165) is 16.7 Å². The summed E-state index contributed by atoms with van der Waals surface area (Å²) in [5.74, 6) is 0.363. The second-order valence-electron chi connectivity index (χ2n) is 5.58. The molecule has 1 aromatic carbocycles. The van der Waals surface area contributed by atoms with Crippen LogP contribution < -0.4 is 11.0 Å². The molecule has 0 saturated heterocycles. The highest BCUT2D eigenvalue weighted by Crippen LogP contribution is 2.22. The molecule has 1 amide bonds. The molecular formula is C17H16N4O3. The maximum absolute atomic E-state index is 12.3. The molecule has 0 fully saturated rings. The third-order valence-corrected chi connectivity index (χ3v) is 3.53. The summed E-state index contributed by atoms with van der Waals surface area (Å²) in [7, 11) is 0. The summed E-state index contributed by atoms with van der Waals surface area (Å²) in [6, 6.07) is 8.99. The molecule has 3 rings (SSSR count). The summed E-state index contributed by atoms with van der Waals surface area (Å²) in [6.07, 6.45) is 0. The number of aromatic amines is 1. The van der Waals surface area contributed by atoms with Crippen molar-refractivity contribution in [2.45, 2.75) is 20.8 Å².